The van der Waals surface area contributed by atoms with E-state index in [1.54, 1.807) is 30.3 Å². The molecule has 2 aromatic rings. The van der Waals surface area contributed by atoms with Crippen LogP contribution in [0.3, 0.4) is 0 Å². The van der Waals surface area contributed by atoms with Crippen LogP contribution in [0.25, 0.3) is 0 Å². The Morgan fingerprint density at radius 3 is 2.57 bits per heavy atom. The van der Waals surface area contributed by atoms with E-state index in [0.29, 0.717) is 28.4 Å². The fourth-order valence-corrected chi connectivity index (χ4v) is 2.86. The molecule has 5 nitrogen and oxygen atoms in total. The fourth-order valence-electron chi connectivity index (χ4n) is 2.73. The molecule has 0 spiro atoms. The van der Waals surface area contributed by atoms with Crippen molar-refractivity contribution in [3.63, 3.8) is 0 Å². The maximum Gasteiger partial charge on any atom is 0.274 e. The van der Waals surface area contributed by atoms with Gasteiger partial charge < -0.3 is 10.6 Å². The Hall–Kier alpha value is -2.14. The second-order valence-electron chi connectivity index (χ2n) is 5.80. The molecule has 1 aromatic carbocycles. The quantitative estimate of drug-likeness (QED) is 0.887. The lowest BCUT2D eigenvalue weighted by atomic mass is 10.2. The molecule has 1 fully saturated rings. The van der Waals surface area contributed by atoms with Crippen molar-refractivity contribution in [2.45, 2.75) is 38.6 Å². The van der Waals surface area contributed by atoms with Crippen molar-refractivity contribution >= 4 is 29.1 Å². The third-order valence-corrected chi connectivity index (χ3v) is 4.13. The van der Waals surface area contributed by atoms with Gasteiger partial charge in [0.05, 0.1) is 0 Å². The van der Waals surface area contributed by atoms with Crippen LogP contribution in [0.2, 0.25) is 5.02 Å². The van der Waals surface area contributed by atoms with E-state index in [1.807, 2.05) is 6.92 Å². The number of hydrogen-bond donors (Lipinski definition) is 2. The standard InChI is InChI=1S/C17H19ClN4O/c1-11-10-15(16(23)20-14-8-6-12(18)7-9-14)22-17(19-11)21-13-4-2-3-5-13/h6-10,13H,2-5H2,1H3,(H,20,23)(H,19,21,22). The largest absolute Gasteiger partial charge is 0.351 e. The first-order valence-corrected chi connectivity index (χ1v) is 8.17. The van der Waals surface area contributed by atoms with E-state index in [0.717, 1.165) is 18.5 Å². The van der Waals surface area contributed by atoms with Gasteiger partial charge in [-0.1, -0.05) is 24.4 Å². The van der Waals surface area contributed by atoms with E-state index >= 15 is 0 Å². The number of amides is 1. The molecule has 1 aliphatic rings. The molecule has 1 saturated carbocycles. The number of rotatable bonds is 4. The van der Waals surface area contributed by atoms with E-state index in [-0.39, 0.29) is 5.91 Å². The smallest absolute Gasteiger partial charge is 0.274 e. The number of halogens is 1. The Balaban J connectivity index is 1.74. The highest BCUT2D eigenvalue weighted by molar-refractivity contribution is 6.30. The monoisotopic (exact) mass is 330 g/mol. The Labute approximate surface area is 140 Å². The third kappa shape index (κ3) is 4.20. The number of carbonyl (C=O) groups is 1. The molecule has 0 atom stereocenters. The van der Waals surface area contributed by atoms with Crippen LogP contribution in [0.15, 0.2) is 30.3 Å². The van der Waals surface area contributed by atoms with E-state index in [2.05, 4.69) is 20.6 Å². The van der Waals surface area contributed by atoms with Gasteiger partial charge in [0.1, 0.15) is 5.69 Å². The number of nitrogens with one attached hydrogen (secondary N) is 2. The van der Waals surface area contributed by atoms with Crippen molar-refractivity contribution in [3.8, 4) is 0 Å². The number of aryl methyl sites for hydroxylation is 1. The minimum Gasteiger partial charge on any atom is -0.351 e. The van der Waals surface area contributed by atoms with Crippen LogP contribution in [0, 0.1) is 6.92 Å². The normalized spacial score (nSPS) is 14.7. The highest BCUT2D eigenvalue weighted by Gasteiger charge is 2.17. The number of benzene rings is 1. The summed E-state index contributed by atoms with van der Waals surface area (Å²) < 4.78 is 0. The van der Waals surface area contributed by atoms with Crippen LogP contribution in [0.4, 0.5) is 11.6 Å². The summed E-state index contributed by atoms with van der Waals surface area (Å²) in [5, 5.41) is 6.78. The van der Waals surface area contributed by atoms with Crippen LogP contribution in [-0.2, 0) is 0 Å². The van der Waals surface area contributed by atoms with Crippen molar-refractivity contribution in [2.75, 3.05) is 10.6 Å². The summed E-state index contributed by atoms with van der Waals surface area (Å²) in [5.41, 5.74) is 1.80. The molecular weight excluding hydrogens is 312 g/mol. The number of hydrogen-bond acceptors (Lipinski definition) is 4. The molecule has 1 aliphatic carbocycles. The Kier molecular flexibility index (Phi) is 4.76. The summed E-state index contributed by atoms with van der Waals surface area (Å²) in [5.74, 6) is 0.269. The van der Waals surface area contributed by atoms with Crippen LogP contribution < -0.4 is 10.6 Å². The molecule has 23 heavy (non-hydrogen) atoms. The highest BCUT2D eigenvalue weighted by atomic mass is 35.5. The summed E-state index contributed by atoms with van der Waals surface area (Å²) in [6, 6.07) is 9.07. The second-order valence-corrected chi connectivity index (χ2v) is 6.24. The summed E-state index contributed by atoms with van der Waals surface area (Å²) in [7, 11) is 0. The minimum absolute atomic E-state index is 0.257. The summed E-state index contributed by atoms with van der Waals surface area (Å²) >= 11 is 5.85. The van der Waals surface area contributed by atoms with Gasteiger partial charge >= 0.3 is 0 Å². The summed E-state index contributed by atoms with van der Waals surface area (Å²) in [4.78, 5) is 21.1. The molecule has 1 aromatic heterocycles. The van der Waals surface area contributed by atoms with Gasteiger partial charge in [-0.25, -0.2) is 9.97 Å². The molecule has 0 saturated heterocycles. The number of carbonyl (C=O) groups excluding carboxylic acids is 1. The average molecular weight is 331 g/mol. The first-order valence-electron chi connectivity index (χ1n) is 7.79. The SMILES string of the molecule is Cc1cc(C(=O)Nc2ccc(Cl)cc2)nc(NC2CCCC2)n1. The van der Waals surface area contributed by atoms with Gasteiger partial charge in [0.2, 0.25) is 5.95 Å². The van der Waals surface area contributed by atoms with Crippen molar-refractivity contribution in [1.82, 2.24) is 9.97 Å². The average Bonchev–Trinajstić information content (AvgIpc) is 3.02. The van der Waals surface area contributed by atoms with Gasteiger partial charge in [-0.15, -0.1) is 0 Å². The van der Waals surface area contributed by atoms with Crippen LogP contribution in [-0.4, -0.2) is 21.9 Å². The highest BCUT2D eigenvalue weighted by Crippen LogP contribution is 2.21. The predicted octanol–water partition coefficient (Wildman–Crippen LogP) is 4.05. The summed E-state index contributed by atoms with van der Waals surface area (Å²) in [6.45, 7) is 1.86. The zero-order chi connectivity index (χ0) is 16.2. The van der Waals surface area contributed by atoms with Crippen molar-refractivity contribution < 1.29 is 4.79 Å². The van der Waals surface area contributed by atoms with Gasteiger partial charge in [0.15, 0.2) is 0 Å². The molecule has 0 unspecified atom stereocenters. The maximum absolute atomic E-state index is 12.4. The lowest BCUT2D eigenvalue weighted by Gasteiger charge is -2.13. The zero-order valence-electron chi connectivity index (χ0n) is 13.0. The molecule has 120 valence electrons. The first-order chi connectivity index (χ1) is 11.1. The van der Waals surface area contributed by atoms with Gasteiger partial charge in [-0.3, -0.25) is 4.79 Å². The van der Waals surface area contributed by atoms with Crippen molar-refractivity contribution in [1.29, 1.82) is 0 Å². The molecule has 1 heterocycles. The lowest BCUT2D eigenvalue weighted by molar-refractivity contribution is 0.102. The van der Waals surface area contributed by atoms with Crippen molar-refractivity contribution in [2.24, 2.45) is 0 Å². The van der Waals surface area contributed by atoms with E-state index in [9.17, 15) is 4.79 Å². The second kappa shape index (κ2) is 6.96. The van der Waals surface area contributed by atoms with Crippen molar-refractivity contribution in [3.05, 3.63) is 46.7 Å². The molecule has 0 aliphatic heterocycles. The molecule has 6 heteroatoms. The topological polar surface area (TPSA) is 66.9 Å². The molecule has 2 N–H and O–H groups in total. The Bertz CT molecular complexity index is 696. The molecule has 0 radical (unpaired) electrons. The zero-order valence-corrected chi connectivity index (χ0v) is 13.7. The van der Waals surface area contributed by atoms with E-state index in [4.69, 9.17) is 11.6 Å². The minimum atomic E-state index is -0.257. The van der Waals surface area contributed by atoms with E-state index < -0.39 is 0 Å². The third-order valence-electron chi connectivity index (χ3n) is 3.88. The van der Waals surface area contributed by atoms with Crippen LogP contribution >= 0.6 is 11.6 Å². The fraction of sp³-hybridized carbons (Fsp3) is 0.353. The number of anilines is 2. The van der Waals surface area contributed by atoms with Gasteiger partial charge in [-0.2, -0.15) is 0 Å². The number of nitrogens with zero attached hydrogens (tertiary/aromatic N) is 2. The molecule has 0 bridgehead atoms. The van der Waals surface area contributed by atoms with Crippen LogP contribution in [0.5, 0.6) is 0 Å². The Morgan fingerprint density at radius 1 is 1.17 bits per heavy atom. The maximum atomic E-state index is 12.4. The molecule has 1 amide bonds. The first kappa shape index (κ1) is 15.7. The molecular formula is C17H19ClN4O. The van der Waals surface area contributed by atoms with Crippen LogP contribution in [0.1, 0.15) is 41.9 Å². The van der Waals surface area contributed by atoms with Gasteiger partial charge in [0.25, 0.3) is 5.91 Å². The Morgan fingerprint density at radius 2 is 1.87 bits per heavy atom. The van der Waals surface area contributed by atoms with E-state index in [1.165, 1.54) is 12.8 Å². The van der Waals surface area contributed by atoms with Gasteiger partial charge in [-0.05, 0) is 50.1 Å². The lowest BCUT2D eigenvalue weighted by Crippen LogP contribution is -2.20. The predicted molar refractivity (Wildman–Crippen MR) is 92.1 cm³/mol. The number of aromatic nitrogens is 2. The van der Waals surface area contributed by atoms with Gasteiger partial charge in [0, 0.05) is 22.4 Å². The summed E-state index contributed by atoms with van der Waals surface area (Å²) in [6.07, 6.45) is 4.72. The molecule has 3 rings (SSSR count).